The summed E-state index contributed by atoms with van der Waals surface area (Å²) < 4.78 is 0. The SMILES string of the molecule is CCN(CC(C)C(=O)O)C(=O)c1ccccc1CCN. The van der Waals surface area contributed by atoms with Crippen molar-refractivity contribution in [3.8, 4) is 0 Å². The maximum absolute atomic E-state index is 12.5. The molecule has 0 aliphatic rings. The maximum Gasteiger partial charge on any atom is 0.308 e. The van der Waals surface area contributed by atoms with Gasteiger partial charge < -0.3 is 15.7 Å². The highest BCUT2D eigenvalue weighted by Crippen LogP contribution is 2.13. The van der Waals surface area contributed by atoms with Gasteiger partial charge in [0.2, 0.25) is 0 Å². The third-order valence-corrected chi connectivity index (χ3v) is 3.25. The number of nitrogens with two attached hydrogens (primary N) is 1. The van der Waals surface area contributed by atoms with Crippen LogP contribution in [0, 0.1) is 5.92 Å². The summed E-state index contributed by atoms with van der Waals surface area (Å²) >= 11 is 0. The third-order valence-electron chi connectivity index (χ3n) is 3.25. The number of carboxylic acid groups (broad SMARTS) is 1. The molecule has 0 saturated heterocycles. The van der Waals surface area contributed by atoms with Crippen molar-refractivity contribution in [1.29, 1.82) is 0 Å². The van der Waals surface area contributed by atoms with E-state index in [0.717, 1.165) is 5.56 Å². The Balaban J connectivity index is 2.93. The fourth-order valence-electron chi connectivity index (χ4n) is 2.04. The Morgan fingerprint density at radius 2 is 2.00 bits per heavy atom. The molecule has 1 atom stereocenters. The van der Waals surface area contributed by atoms with Crippen molar-refractivity contribution >= 4 is 11.9 Å². The Hall–Kier alpha value is -1.88. The summed E-state index contributed by atoms with van der Waals surface area (Å²) in [6, 6.07) is 7.33. The molecule has 1 amide bonds. The average Bonchev–Trinajstić information content (AvgIpc) is 2.44. The van der Waals surface area contributed by atoms with Gasteiger partial charge in [0.15, 0.2) is 0 Å². The van der Waals surface area contributed by atoms with Crippen molar-refractivity contribution in [3.05, 3.63) is 35.4 Å². The molecule has 110 valence electrons. The number of carbonyl (C=O) groups excluding carboxylic acids is 1. The molecule has 3 N–H and O–H groups in total. The van der Waals surface area contributed by atoms with Crippen LogP contribution in [0.25, 0.3) is 0 Å². The summed E-state index contributed by atoms with van der Waals surface area (Å²) in [5.74, 6) is -1.61. The monoisotopic (exact) mass is 278 g/mol. The third kappa shape index (κ3) is 4.06. The maximum atomic E-state index is 12.5. The van der Waals surface area contributed by atoms with Gasteiger partial charge in [-0.05, 0) is 31.5 Å². The number of carboxylic acids is 1. The zero-order valence-corrected chi connectivity index (χ0v) is 12.0. The highest BCUT2D eigenvalue weighted by molar-refractivity contribution is 5.96. The first-order valence-electron chi connectivity index (χ1n) is 6.81. The second kappa shape index (κ2) is 7.65. The molecule has 0 aliphatic carbocycles. The minimum atomic E-state index is -0.897. The van der Waals surface area contributed by atoms with Crippen LogP contribution < -0.4 is 5.73 Å². The fourth-order valence-corrected chi connectivity index (χ4v) is 2.04. The van der Waals surface area contributed by atoms with Crippen LogP contribution in [-0.2, 0) is 11.2 Å². The van der Waals surface area contributed by atoms with Crippen LogP contribution in [0.4, 0.5) is 0 Å². The molecule has 0 aliphatic heterocycles. The van der Waals surface area contributed by atoms with E-state index in [-0.39, 0.29) is 12.5 Å². The van der Waals surface area contributed by atoms with Gasteiger partial charge in [-0.1, -0.05) is 25.1 Å². The van der Waals surface area contributed by atoms with Gasteiger partial charge in [-0.3, -0.25) is 9.59 Å². The second-order valence-corrected chi connectivity index (χ2v) is 4.78. The van der Waals surface area contributed by atoms with Crippen LogP contribution in [-0.4, -0.2) is 41.5 Å². The Labute approximate surface area is 119 Å². The molecule has 5 heteroatoms. The molecule has 1 aromatic carbocycles. The van der Waals surface area contributed by atoms with Gasteiger partial charge in [-0.25, -0.2) is 0 Å². The number of amides is 1. The Morgan fingerprint density at radius 3 is 2.55 bits per heavy atom. The lowest BCUT2D eigenvalue weighted by molar-refractivity contribution is -0.141. The molecule has 0 heterocycles. The fraction of sp³-hybridized carbons (Fsp3) is 0.467. The van der Waals surface area contributed by atoms with Crippen LogP contribution in [0.3, 0.4) is 0 Å². The van der Waals surface area contributed by atoms with Crippen LogP contribution in [0.5, 0.6) is 0 Å². The Kier molecular flexibility index (Phi) is 6.18. The van der Waals surface area contributed by atoms with Crippen molar-refractivity contribution in [2.45, 2.75) is 20.3 Å². The van der Waals surface area contributed by atoms with Gasteiger partial charge in [-0.15, -0.1) is 0 Å². The highest BCUT2D eigenvalue weighted by Gasteiger charge is 2.21. The van der Waals surface area contributed by atoms with Gasteiger partial charge >= 0.3 is 5.97 Å². The molecule has 5 nitrogen and oxygen atoms in total. The van der Waals surface area contributed by atoms with Gasteiger partial charge in [0.1, 0.15) is 0 Å². The molecule has 0 bridgehead atoms. The van der Waals surface area contributed by atoms with E-state index >= 15 is 0 Å². The number of nitrogens with zero attached hydrogens (tertiary/aromatic N) is 1. The lowest BCUT2D eigenvalue weighted by Gasteiger charge is -2.24. The smallest absolute Gasteiger partial charge is 0.308 e. The number of aliphatic carboxylic acids is 1. The van der Waals surface area contributed by atoms with E-state index in [0.29, 0.717) is 25.1 Å². The van der Waals surface area contributed by atoms with Crippen LogP contribution in [0.2, 0.25) is 0 Å². The first kappa shape index (κ1) is 16.2. The van der Waals surface area contributed by atoms with Crippen LogP contribution >= 0.6 is 0 Å². The van der Waals surface area contributed by atoms with Crippen molar-refractivity contribution in [3.63, 3.8) is 0 Å². The van der Waals surface area contributed by atoms with E-state index in [2.05, 4.69) is 0 Å². The summed E-state index contributed by atoms with van der Waals surface area (Å²) in [7, 11) is 0. The summed E-state index contributed by atoms with van der Waals surface area (Å²) in [6.45, 7) is 4.61. The van der Waals surface area contributed by atoms with Crippen molar-refractivity contribution in [1.82, 2.24) is 4.90 Å². The van der Waals surface area contributed by atoms with E-state index in [1.165, 1.54) is 0 Å². The predicted octanol–water partition coefficient (Wildman–Crippen LogP) is 1.37. The van der Waals surface area contributed by atoms with Crippen LogP contribution in [0.1, 0.15) is 29.8 Å². The van der Waals surface area contributed by atoms with Crippen molar-refractivity contribution < 1.29 is 14.7 Å². The summed E-state index contributed by atoms with van der Waals surface area (Å²) in [4.78, 5) is 25.0. The van der Waals surface area contributed by atoms with Gasteiger partial charge in [0.05, 0.1) is 5.92 Å². The molecular formula is C15H22N2O3. The summed E-state index contributed by atoms with van der Waals surface area (Å²) in [5.41, 5.74) is 7.07. The Morgan fingerprint density at radius 1 is 1.35 bits per heavy atom. The minimum absolute atomic E-state index is 0.135. The van der Waals surface area contributed by atoms with Gasteiger partial charge in [0, 0.05) is 18.7 Å². The number of benzene rings is 1. The highest BCUT2D eigenvalue weighted by atomic mass is 16.4. The van der Waals surface area contributed by atoms with Gasteiger partial charge in [0.25, 0.3) is 5.91 Å². The van der Waals surface area contributed by atoms with E-state index in [1.54, 1.807) is 17.9 Å². The minimum Gasteiger partial charge on any atom is -0.481 e. The lowest BCUT2D eigenvalue weighted by atomic mass is 10.0. The molecule has 20 heavy (non-hydrogen) atoms. The summed E-state index contributed by atoms with van der Waals surface area (Å²) in [6.07, 6.45) is 0.633. The molecule has 1 rings (SSSR count). The topological polar surface area (TPSA) is 83.6 Å². The standard InChI is InChI=1S/C15H22N2O3/c1-3-17(10-11(2)15(19)20)14(18)13-7-5-4-6-12(13)8-9-16/h4-7,11H,3,8-10,16H2,1-2H3,(H,19,20). The number of hydrogen-bond donors (Lipinski definition) is 2. The summed E-state index contributed by atoms with van der Waals surface area (Å²) in [5, 5.41) is 8.96. The average molecular weight is 278 g/mol. The van der Waals surface area contributed by atoms with Crippen LogP contribution in [0.15, 0.2) is 24.3 Å². The zero-order valence-electron chi connectivity index (χ0n) is 12.0. The number of hydrogen-bond acceptors (Lipinski definition) is 3. The molecule has 1 aromatic rings. The molecule has 0 radical (unpaired) electrons. The molecular weight excluding hydrogens is 256 g/mol. The van der Waals surface area contributed by atoms with Crippen molar-refractivity contribution in [2.75, 3.05) is 19.6 Å². The predicted molar refractivity (Wildman–Crippen MR) is 77.6 cm³/mol. The quantitative estimate of drug-likeness (QED) is 0.789. The number of carbonyl (C=O) groups is 2. The molecule has 0 saturated carbocycles. The normalized spacial score (nSPS) is 11.9. The molecule has 1 unspecified atom stereocenters. The largest absolute Gasteiger partial charge is 0.481 e. The zero-order chi connectivity index (χ0) is 15.1. The van der Waals surface area contributed by atoms with E-state index < -0.39 is 11.9 Å². The van der Waals surface area contributed by atoms with E-state index in [1.807, 2.05) is 25.1 Å². The van der Waals surface area contributed by atoms with Gasteiger partial charge in [-0.2, -0.15) is 0 Å². The Bertz CT molecular complexity index is 474. The molecule has 0 aromatic heterocycles. The van der Waals surface area contributed by atoms with Crippen molar-refractivity contribution in [2.24, 2.45) is 11.7 Å². The second-order valence-electron chi connectivity index (χ2n) is 4.78. The molecule has 0 spiro atoms. The van der Waals surface area contributed by atoms with E-state index in [9.17, 15) is 9.59 Å². The van der Waals surface area contributed by atoms with E-state index in [4.69, 9.17) is 10.8 Å². The number of rotatable bonds is 7. The first-order chi connectivity index (χ1) is 9.51. The molecule has 0 fully saturated rings. The first-order valence-corrected chi connectivity index (χ1v) is 6.81. The lowest BCUT2D eigenvalue weighted by Crippen LogP contribution is -2.37.